The Morgan fingerprint density at radius 3 is 2.56 bits per heavy atom. The summed E-state index contributed by atoms with van der Waals surface area (Å²) in [4.78, 5) is 9.85. The van der Waals surface area contributed by atoms with Crippen LogP contribution in [0.15, 0.2) is 22.7 Å². The topological polar surface area (TPSA) is 61.6 Å². The van der Waals surface area contributed by atoms with Crippen LogP contribution in [0.4, 0.5) is 18.9 Å². The number of halogens is 4. The normalized spacial score (nSPS) is 11.3. The van der Waals surface area contributed by atoms with Crippen molar-refractivity contribution in [3.8, 4) is 5.75 Å². The van der Waals surface area contributed by atoms with Crippen LogP contribution in [0.2, 0.25) is 0 Å². The van der Waals surface area contributed by atoms with E-state index in [4.69, 9.17) is 4.74 Å². The van der Waals surface area contributed by atoms with Gasteiger partial charge in [0.05, 0.1) is 22.1 Å². The molecule has 0 unspecified atom stereocenters. The van der Waals surface area contributed by atoms with Gasteiger partial charge in [0.15, 0.2) is 0 Å². The van der Waals surface area contributed by atoms with E-state index in [1.807, 2.05) is 0 Å². The molecule has 0 fully saturated rings. The van der Waals surface area contributed by atoms with Gasteiger partial charge in [-0.05, 0) is 22.0 Å². The molecule has 0 spiro atoms. The van der Waals surface area contributed by atoms with Crippen molar-refractivity contribution in [3.63, 3.8) is 0 Å². The Bertz CT molecular complexity index is 438. The Hall–Kier alpha value is -1.35. The quantitative estimate of drug-likeness (QED) is 0.472. The minimum Gasteiger partial charge on any atom is -0.490 e. The standard InChI is InChI=1S/C9H7BrF3NO4/c10-7-2-1-6(14(15)16)5-8(7)17-3-4-18-9(11,12)13/h1-2,5H,3-4H2. The van der Waals surface area contributed by atoms with Crippen LogP contribution in [0, 0.1) is 10.1 Å². The van der Waals surface area contributed by atoms with Crippen molar-refractivity contribution >= 4 is 21.6 Å². The summed E-state index contributed by atoms with van der Waals surface area (Å²) in [6.07, 6.45) is -4.72. The number of nitro benzene ring substituents is 1. The van der Waals surface area contributed by atoms with E-state index in [0.29, 0.717) is 4.47 Å². The van der Waals surface area contributed by atoms with E-state index < -0.39 is 17.9 Å². The van der Waals surface area contributed by atoms with Crippen LogP contribution in [0.5, 0.6) is 5.75 Å². The second kappa shape index (κ2) is 6.01. The molecule has 0 bridgehead atoms. The molecule has 0 aliphatic carbocycles. The summed E-state index contributed by atoms with van der Waals surface area (Å²) in [7, 11) is 0. The summed E-state index contributed by atoms with van der Waals surface area (Å²) in [6, 6.07) is 3.72. The number of alkyl halides is 3. The van der Waals surface area contributed by atoms with E-state index in [9.17, 15) is 23.3 Å². The van der Waals surface area contributed by atoms with Gasteiger partial charge in [-0.2, -0.15) is 0 Å². The molecule has 0 aliphatic heterocycles. The van der Waals surface area contributed by atoms with Crippen LogP contribution >= 0.6 is 15.9 Å². The van der Waals surface area contributed by atoms with Gasteiger partial charge in [0, 0.05) is 6.07 Å². The van der Waals surface area contributed by atoms with Gasteiger partial charge in [0.1, 0.15) is 12.4 Å². The maximum Gasteiger partial charge on any atom is 0.522 e. The molecule has 1 aromatic rings. The molecule has 0 aromatic heterocycles. The highest BCUT2D eigenvalue weighted by Crippen LogP contribution is 2.29. The molecule has 18 heavy (non-hydrogen) atoms. The van der Waals surface area contributed by atoms with E-state index in [1.165, 1.54) is 12.1 Å². The van der Waals surface area contributed by atoms with Crippen LogP contribution in [-0.2, 0) is 4.74 Å². The summed E-state index contributed by atoms with van der Waals surface area (Å²) in [5.41, 5.74) is -0.218. The van der Waals surface area contributed by atoms with Crippen molar-refractivity contribution in [1.29, 1.82) is 0 Å². The fraction of sp³-hybridized carbons (Fsp3) is 0.333. The fourth-order valence-electron chi connectivity index (χ4n) is 1.03. The lowest BCUT2D eigenvalue weighted by Gasteiger charge is -2.09. The third kappa shape index (κ3) is 4.88. The predicted octanol–water partition coefficient (Wildman–Crippen LogP) is 3.27. The Morgan fingerprint density at radius 2 is 2.00 bits per heavy atom. The Kier molecular flexibility index (Phi) is 4.91. The summed E-state index contributed by atoms with van der Waals surface area (Å²) >= 11 is 3.06. The Labute approximate surface area is 108 Å². The van der Waals surface area contributed by atoms with Gasteiger partial charge in [-0.1, -0.05) is 0 Å². The number of nitro groups is 1. The molecular weight excluding hydrogens is 323 g/mol. The third-order valence-corrected chi connectivity index (χ3v) is 2.39. The van der Waals surface area contributed by atoms with Crippen molar-refractivity contribution in [2.45, 2.75) is 6.36 Å². The maximum atomic E-state index is 11.7. The first kappa shape index (κ1) is 14.7. The molecule has 9 heteroatoms. The van der Waals surface area contributed by atoms with Crippen LogP contribution in [0.1, 0.15) is 0 Å². The van der Waals surface area contributed by atoms with Crippen LogP contribution in [0.25, 0.3) is 0 Å². The minimum atomic E-state index is -4.72. The average Bonchev–Trinajstić information content (AvgIpc) is 2.24. The Morgan fingerprint density at radius 1 is 1.33 bits per heavy atom. The number of non-ortho nitro benzene ring substituents is 1. The number of benzene rings is 1. The fourth-order valence-corrected chi connectivity index (χ4v) is 1.39. The summed E-state index contributed by atoms with van der Waals surface area (Å²) in [5.74, 6) is 0.0787. The summed E-state index contributed by atoms with van der Waals surface area (Å²) < 4.78 is 43.8. The third-order valence-electron chi connectivity index (χ3n) is 1.73. The average molecular weight is 330 g/mol. The number of hydrogen-bond donors (Lipinski definition) is 0. The molecule has 5 nitrogen and oxygen atoms in total. The van der Waals surface area contributed by atoms with Crippen molar-refractivity contribution in [3.05, 3.63) is 32.8 Å². The van der Waals surface area contributed by atoms with Crippen molar-refractivity contribution < 1.29 is 27.6 Å². The zero-order valence-electron chi connectivity index (χ0n) is 8.74. The molecule has 0 amide bonds. The molecule has 0 radical (unpaired) electrons. The van der Waals surface area contributed by atoms with E-state index in [-0.39, 0.29) is 18.0 Å². The molecule has 1 aromatic carbocycles. The van der Waals surface area contributed by atoms with Crippen LogP contribution in [-0.4, -0.2) is 24.5 Å². The zero-order chi connectivity index (χ0) is 13.8. The highest BCUT2D eigenvalue weighted by molar-refractivity contribution is 9.10. The van der Waals surface area contributed by atoms with Gasteiger partial charge in [0.25, 0.3) is 5.69 Å². The highest BCUT2D eigenvalue weighted by Gasteiger charge is 2.28. The molecule has 1 rings (SSSR count). The lowest BCUT2D eigenvalue weighted by molar-refractivity contribution is -0.385. The van der Waals surface area contributed by atoms with Crippen LogP contribution in [0.3, 0.4) is 0 Å². The van der Waals surface area contributed by atoms with E-state index >= 15 is 0 Å². The van der Waals surface area contributed by atoms with Gasteiger partial charge in [-0.3, -0.25) is 14.9 Å². The lowest BCUT2D eigenvalue weighted by Crippen LogP contribution is -2.18. The van der Waals surface area contributed by atoms with Crippen molar-refractivity contribution in [2.24, 2.45) is 0 Å². The minimum absolute atomic E-state index is 0.0787. The predicted molar refractivity (Wildman–Crippen MR) is 58.3 cm³/mol. The van der Waals surface area contributed by atoms with Crippen LogP contribution < -0.4 is 4.74 Å². The number of nitrogens with zero attached hydrogens (tertiary/aromatic N) is 1. The molecule has 0 N–H and O–H groups in total. The Balaban J connectivity index is 2.56. The maximum absolute atomic E-state index is 11.7. The number of rotatable bonds is 5. The van der Waals surface area contributed by atoms with E-state index in [1.54, 1.807) is 0 Å². The highest BCUT2D eigenvalue weighted by atomic mass is 79.9. The molecule has 0 heterocycles. The van der Waals surface area contributed by atoms with Gasteiger partial charge >= 0.3 is 6.36 Å². The smallest absolute Gasteiger partial charge is 0.490 e. The molecular formula is C9H7BrF3NO4. The van der Waals surface area contributed by atoms with Gasteiger partial charge in [0.2, 0.25) is 0 Å². The molecule has 0 saturated heterocycles. The molecule has 100 valence electrons. The lowest BCUT2D eigenvalue weighted by atomic mass is 10.3. The second-order valence-corrected chi connectivity index (χ2v) is 3.87. The van der Waals surface area contributed by atoms with Gasteiger partial charge in [-0.25, -0.2) is 0 Å². The van der Waals surface area contributed by atoms with E-state index in [2.05, 4.69) is 20.7 Å². The molecule has 0 saturated carbocycles. The monoisotopic (exact) mass is 329 g/mol. The van der Waals surface area contributed by atoms with Crippen molar-refractivity contribution in [1.82, 2.24) is 0 Å². The molecule has 0 aliphatic rings. The van der Waals surface area contributed by atoms with Gasteiger partial charge < -0.3 is 4.74 Å². The molecule has 0 atom stereocenters. The number of ether oxygens (including phenoxy) is 2. The van der Waals surface area contributed by atoms with Crippen molar-refractivity contribution in [2.75, 3.05) is 13.2 Å². The number of hydrogen-bond acceptors (Lipinski definition) is 4. The first-order valence-corrected chi connectivity index (χ1v) is 5.36. The zero-order valence-corrected chi connectivity index (χ0v) is 10.3. The SMILES string of the molecule is O=[N+]([O-])c1ccc(Br)c(OCCOC(F)(F)F)c1. The summed E-state index contributed by atoms with van der Waals surface area (Å²) in [5, 5.41) is 10.5. The summed E-state index contributed by atoms with van der Waals surface area (Å²) in [6.45, 7) is -1.07. The first-order valence-electron chi connectivity index (χ1n) is 4.57. The largest absolute Gasteiger partial charge is 0.522 e. The van der Waals surface area contributed by atoms with E-state index in [0.717, 1.165) is 6.07 Å². The first-order chi connectivity index (χ1) is 8.29. The van der Waals surface area contributed by atoms with Gasteiger partial charge in [-0.15, -0.1) is 13.2 Å². The second-order valence-electron chi connectivity index (χ2n) is 3.01.